The number of nitrogens with two attached hydrogens (primary N) is 1. The number of anilines is 1. The van der Waals surface area contributed by atoms with E-state index in [1.807, 2.05) is 12.1 Å². The number of hydrogen-bond donors (Lipinski definition) is 2. The Bertz CT molecular complexity index is 443. The normalized spacial score (nSPS) is 10.9. The van der Waals surface area contributed by atoms with Crippen LogP contribution in [0, 0.1) is 6.92 Å². The fraction of sp³-hybridized carbons (Fsp3) is 0.300. The Morgan fingerprint density at radius 2 is 2.23 bits per heavy atom. The molecule has 0 saturated carbocycles. The van der Waals surface area contributed by atoms with Crippen LogP contribution in [-0.2, 0) is 6.54 Å². The van der Waals surface area contributed by atoms with Crippen LogP contribution >= 0.6 is 0 Å². The molecule has 2 rings (SSSR count). The smallest absolute Gasteiger partial charge is 0.251 e. The topological polar surface area (TPSA) is 45.7 Å². The van der Waals surface area contributed by atoms with Crippen molar-refractivity contribution in [2.24, 2.45) is 0 Å². The quantitative estimate of drug-likeness (QED) is 0.500. The lowest BCUT2D eigenvalue weighted by molar-refractivity contribution is -0.673. The predicted octanol–water partition coefficient (Wildman–Crippen LogP) is 1.37. The van der Waals surface area contributed by atoms with Gasteiger partial charge >= 0.3 is 0 Å². The van der Waals surface area contributed by atoms with Crippen molar-refractivity contribution in [2.75, 3.05) is 5.73 Å². The second-order valence-electron chi connectivity index (χ2n) is 3.23. The van der Waals surface area contributed by atoms with Crippen LogP contribution in [0.4, 0.5) is 5.69 Å². The number of aryl methyl sites for hydroxylation is 2. The van der Waals surface area contributed by atoms with Crippen LogP contribution in [0.2, 0.25) is 0 Å². The van der Waals surface area contributed by atoms with E-state index < -0.39 is 0 Å². The molecular formula is C10H14N3+. The van der Waals surface area contributed by atoms with Crippen molar-refractivity contribution >= 4 is 16.7 Å². The van der Waals surface area contributed by atoms with Gasteiger partial charge in [0.15, 0.2) is 11.0 Å². The molecule has 3 nitrogen and oxygen atoms in total. The zero-order chi connectivity index (χ0) is 9.42. The molecule has 68 valence electrons. The van der Waals surface area contributed by atoms with Gasteiger partial charge in [0.2, 0.25) is 0 Å². The summed E-state index contributed by atoms with van der Waals surface area (Å²) in [6.07, 6.45) is 0. The number of hydrogen-bond acceptors (Lipinski definition) is 1. The van der Waals surface area contributed by atoms with Gasteiger partial charge in [-0.1, -0.05) is 0 Å². The molecule has 0 atom stereocenters. The average Bonchev–Trinajstić information content (AvgIpc) is 2.39. The predicted molar refractivity (Wildman–Crippen MR) is 53.3 cm³/mol. The monoisotopic (exact) mass is 176 g/mol. The van der Waals surface area contributed by atoms with Crippen molar-refractivity contribution in [1.29, 1.82) is 0 Å². The third-order valence-corrected chi connectivity index (χ3v) is 2.35. The molecule has 1 aromatic carbocycles. The van der Waals surface area contributed by atoms with Gasteiger partial charge in [0.1, 0.15) is 0 Å². The van der Waals surface area contributed by atoms with Crippen LogP contribution in [0.3, 0.4) is 0 Å². The number of rotatable bonds is 1. The number of benzene rings is 1. The highest BCUT2D eigenvalue weighted by Gasteiger charge is 2.12. The van der Waals surface area contributed by atoms with Gasteiger partial charge in [-0.25, -0.2) is 9.55 Å². The molecule has 0 spiro atoms. The van der Waals surface area contributed by atoms with Gasteiger partial charge in [-0.15, -0.1) is 0 Å². The number of nitrogen functional groups attached to an aromatic ring is 1. The van der Waals surface area contributed by atoms with Crippen LogP contribution in [0.1, 0.15) is 12.7 Å². The summed E-state index contributed by atoms with van der Waals surface area (Å²) in [7, 11) is 0. The summed E-state index contributed by atoms with van der Waals surface area (Å²) >= 11 is 0. The molecular weight excluding hydrogens is 162 g/mol. The molecule has 0 fully saturated rings. The largest absolute Gasteiger partial charge is 0.399 e. The fourth-order valence-corrected chi connectivity index (χ4v) is 1.74. The van der Waals surface area contributed by atoms with Crippen molar-refractivity contribution in [3.63, 3.8) is 0 Å². The first-order chi connectivity index (χ1) is 6.22. The van der Waals surface area contributed by atoms with Crippen LogP contribution in [-0.4, -0.2) is 4.98 Å². The Morgan fingerprint density at radius 1 is 1.46 bits per heavy atom. The molecule has 2 aromatic rings. The average molecular weight is 176 g/mol. The van der Waals surface area contributed by atoms with Gasteiger partial charge in [-0.05, 0) is 19.1 Å². The number of aromatic nitrogens is 2. The van der Waals surface area contributed by atoms with Gasteiger partial charge in [0, 0.05) is 18.7 Å². The maximum absolute atomic E-state index is 5.70. The number of nitrogens with zero attached hydrogens (tertiary/aromatic N) is 1. The van der Waals surface area contributed by atoms with Crippen molar-refractivity contribution in [3.8, 4) is 0 Å². The van der Waals surface area contributed by atoms with Crippen molar-refractivity contribution in [2.45, 2.75) is 20.4 Å². The van der Waals surface area contributed by atoms with Crippen molar-refractivity contribution in [3.05, 3.63) is 24.0 Å². The van der Waals surface area contributed by atoms with Gasteiger partial charge in [0.25, 0.3) is 5.82 Å². The lowest BCUT2D eigenvalue weighted by Crippen LogP contribution is -2.33. The van der Waals surface area contributed by atoms with Crippen LogP contribution in [0.15, 0.2) is 18.2 Å². The molecule has 0 unspecified atom stereocenters. The summed E-state index contributed by atoms with van der Waals surface area (Å²) in [5.74, 6) is 1.17. The van der Waals surface area contributed by atoms with Gasteiger partial charge in [-0.3, -0.25) is 0 Å². The van der Waals surface area contributed by atoms with Gasteiger partial charge in [-0.2, -0.15) is 0 Å². The molecule has 0 amide bonds. The van der Waals surface area contributed by atoms with E-state index in [0.717, 1.165) is 17.7 Å². The molecule has 3 heteroatoms. The lowest BCUT2D eigenvalue weighted by Gasteiger charge is -1.93. The summed E-state index contributed by atoms with van der Waals surface area (Å²) < 4.78 is 2.23. The van der Waals surface area contributed by atoms with Crippen molar-refractivity contribution < 1.29 is 4.57 Å². The summed E-state index contributed by atoms with van der Waals surface area (Å²) in [6, 6.07) is 5.95. The molecule has 0 saturated heterocycles. The first-order valence-corrected chi connectivity index (χ1v) is 4.50. The minimum atomic E-state index is 0.803. The Kier molecular flexibility index (Phi) is 1.72. The highest BCUT2D eigenvalue weighted by Crippen LogP contribution is 2.13. The van der Waals surface area contributed by atoms with Gasteiger partial charge < -0.3 is 5.73 Å². The second-order valence-corrected chi connectivity index (χ2v) is 3.23. The number of nitrogens with one attached hydrogen (secondary N) is 1. The minimum Gasteiger partial charge on any atom is -0.399 e. The lowest BCUT2D eigenvalue weighted by atomic mass is 10.3. The summed E-state index contributed by atoms with van der Waals surface area (Å²) in [4.78, 5) is 3.30. The highest BCUT2D eigenvalue weighted by molar-refractivity contribution is 5.75. The molecule has 1 heterocycles. The van der Waals surface area contributed by atoms with Crippen molar-refractivity contribution in [1.82, 2.24) is 4.98 Å². The van der Waals surface area contributed by atoms with Crippen LogP contribution in [0.25, 0.3) is 11.0 Å². The van der Waals surface area contributed by atoms with E-state index in [1.54, 1.807) is 0 Å². The van der Waals surface area contributed by atoms with Gasteiger partial charge in [0.05, 0.1) is 6.54 Å². The minimum absolute atomic E-state index is 0.803. The van der Waals surface area contributed by atoms with Crippen LogP contribution in [0.5, 0.6) is 0 Å². The standard InChI is InChI=1S/C10H13N3/c1-3-13-7(2)12-9-6-8(11)4-5-10(9)13/h4-6H,3,11H2,1-2H3/p+1. The Hall–Kier alpha value is -1.51. The van der Waals surface area contributed by atoms with E-state index >= 15 is 0 Å². The Balaban J connectivity index is 2.79. The zero-order valence-corrected chi connectivity index (χ0v) is 7.96. The maximum Gasteiger partial charge on any atom is 0.251 e. The van der Waals surface area contributed by atoms with E-state index in [9.17, 15) is 0 Å². The molecule has 13 heavy (non-hydrogen) atoms. The molecule has 0 aliphatic rings. The van der Waals surface area contributed by atoms with E-state index in [4.69, 9.17) is 5.73 Å². The number of aromatic amines is 1. The number of fused-ring (bicyclic) bond motifs is 1. The van der Waals surface area contributed by atoms with E-state index in [1.165, 1.54) is 11.3 Å². The molecule has 0 aliphatic carbocycles. The van der Waals surface area contributed by atoms with E-state index in [-0.39, 0.29) is 0 Å². The summed E-state index contributed by atoms with van der Waals surface area (Å²) in [5.41, 5.74) is 8.83. The van der Waals surface area contributed by atoms with E-state index in [2.05, 4.69) is 29.5 Å². The molecule has 0 bridgehead atoms. The van der Waals surface area contributed by atoms with Crippen LogP contribution < -0.4 is 10.3 Å². The Morgan fingerprint density at radius 3 is 2.92 bits per heavy atom. The zero-order valence-electron chi connectivity index (χ0n) is 7.96. The van der Waals surface area contributed by atoms with E-state index in [0.29, 0.717) is 0 Å². The Labute approximate surface area is 77.2 Å². The molecule has 0 radical (unpaired) electrons. The second kappa shape index (κ2) is 2.76. The third kappa shape index (κ3) is 1.16. The molecule has 3 N–H and O–H groups in total. The number of H-pyrrole nitrogens is 1. The summed E-state index contributed by atoms with van der Waals surface area (Å²) in [5, 5.41) is 0. The molecule has 0 aliphatic heterocycles. The highest BCUT2D eigenvalue weighted by atomic mass is 15.1. The molecule has 1 aromatic heterocycles. The first-order valence-electron chi connectivity index (χ1n) is 4.50. The summed E-state index contributed by atoms with van der Waals surface area (Å²) in [6.45, 7) is 5.19. The first kappa shape index (κ1) is 8.10. The third-order valence-electron chi connectivity index (χ3n) is 2.35. The maximum atomic E-state index is 5.70. The number of imidazole rings is 1. The SMILES string of the molecule is CC[n+]1c(C)[nH]c2cc(N)ccc21. The fourth-order valence-electron chi connectivity index (χ4n) is 1.74.